The van der Waals surface area contributed by atoms with E-state index in [1.165, 1.54) is 11.8 Å². The highest BCUT2D eigenvalue weighted by Crippen LogP contribution is 2.24. The summed E-state index contributed by atoms with van der Waals surface area (Å²) in [6, 6.07) is 15.4. The molecule has 0 atom stereocenters. The summed E-state index contributed by atoms with van der Waals surface area (Å²) >= 11 is 1.44. The second-order valence-electron chi connectivity index (χ2n) is 7.69. The third kappa shape index (κ3) is 6.52. The summed E-state index contributed by atoms with van der Waals surface area (Å²) in [5, 5.41) is 3.00. The van der Waals surface area contributed by atoms with Gasteiger partial charge in [-0.1, -0.05) is 24.3 Å². The van der Waals surface area contributed by atoms with Crippen LogP contribution in [0.15, 0.2) is 53.4 Å². The van der Waals surface area contributed by atoms with Gasteiger partial charge in [0.05, 0.1) is 17.4 Å². The highest BCUT2D eigenvalue weighted by molar-refractivity contribution is 8.00. The molecule has 1 heterocycles. The second-order valence-corrected chi connectivity index (χ2v) is 8.71. The highest BCUT2D eigenvalue weighted by Gasteiger charge is 2.19. The molecule has 1 fully saturated rings. The number of hydrogen-bond acceptors (Lipinski definition) is 4. The molecule has 0 radical (unpaired) electrons. The van der Waals surface area contributed by atoms with Crippen LogP contribution < -0.4 is 10.1 Å². The fourth-order valence-corrected chi connectivity index (χ4v) is 4.35. The minimum atomic E-state index is -0.105. The minimum absolute atomic E-state index is 0.105. The fourth-order valence-electron chi connectivity index (χ4n) is 3.40. The van der Waals surface area contributed by atoms with Gasteiger partial charge in [-0.3, -0.25) is 9.59 Å². The van der Waals surface area contributed by atoms with Gasteiger partial charge in [-0.05, 0) is 62.9 Å². The van der Waals surface area contributed by atoms with E-state index in [1.54, 1.807) is 0 Å². The van der Waals surface area contributed by atoms with E-state index in [0.29, 0.717) is 17.9 Å². The smallest absolute Gasteiger partial charge is 0.252 e. The predicted molar refractivity (Wildman–Crippen MR) is 121 cm³/mol. The summed E-state index contributed by atoms with van der Waals surface area (Å²) in [7, 11) is 0. The van der Waals surface area contributed by atoms with Crippen molar-refractivity contribution >= 4 is 23.6 Å². The molecule has 2 amide bonds. The minimum Gasteiger partial charge on any atom is -0.491 e. The Morgan fingerprint density at radius 3 is 2.47 bits per heavy atom. The average molecular weight is 427 g/mol. The summed E-state index contributed by atoms with van der Waals surface area (Å²) in [6.45, 7) is 6.26. The largest absolute Gasteiger partial charge is 0.491 e. The van der Waals surface area contributed by atoms with E-state index < -0.39 is 0 Å². The number of benzene rings is 2. The van der Waals surface area contributed by atoms with Gasteiger partial charge in [0.2, 0.25) is 5.91 Å². The third-order valence-corrected chi connectivity index (χ3v) is 5.99. The number of thioether (sulfide) groups is 1. The molecular formula is C24H30N2O3S. The molecule has 2 aromatic carbocycles. The summed E-state index contributed by atoms with van der Waals surface area (Å²) < 4.78 is 5.66. The standard InChI is InChI=1S/C24H30N2O3S/c1-18(2)29-20-11-9-19(10-12-20)13-14-25-24(28)21-7-3-4-8-22(21)30-17-23(27)26-15-5-6-16-26/h3-4,7-12,18H,5-6,13-17H2,1-2H3,(H,25,28). The van der Waals surface area contributed by atoms with E-state index in [1.807, 2.05) is 67.3 Å². The van der Waals surface area contributed by atoms with Gasteiger partial charge >= 0.3 is 0 Å². The Kier molecular flexibility index (Phi) is 8.20. The first-order valence-corrected chi connectivity index (χ1v) is 11.5. The highest BCUT2D eigenvalue weighted by atomic mass is 32.2. The molecule has 0 aromatic heterocycles. The van der Waals surface area contributed by atoms with Gasteiger partial charge in [0, 0.05) is 24.5 Å². The maximum atomic E-state index is 12.7. The Hall–Kier alpha value is -2.47. The van der Waals surface area contributed by atoms with Crippen LogP contribution in [-0.4, -0.2) is 48.2 Å². The van der Waals surface area contributed by atoms with Crippen molar-refractivity contribution in [2.24, 2.45) is 0 Å². The fraction of sp³-hybridized carbons (Fsp3) is 0.417. The average Bonchev–Trinajstić information content (AvgIpc) is 3.28. The van der Waals surface area contributed by atoms with Crippen LogP contribution >= 0.6 is 11.8 Å². The Balaban J connectivity index is 1.49. The lowest BCUT2D eigenvalue weighted by molar-refractivity contribution is -0.127. The van der Waals surface area contributed by atoms with Crippen molar-refractivity contribution < 1.29 is 14.3 Å². The first kappa shape index (κ1) is 22.2. The van der Waals surface area contributed by atoms with E-state index in [9.17, 15) is 9.59 Å². The Morgan fingerprint density at radius 1 is 1.07 bits per heavy atom. The molecule has 1 aliphatic rings. The van der Waals surface area contributed by atoms with Gasteiger partial charge in [0.15, 0.2) is 0 Å². The molecule has 1 saturated heterocycles. The number of ether oxygens (including phenoxy) is 1. The van der Waals surface area contributed by atoms with Gasteiger partial charge in [-0.25, -0.2) is 0 Å². The maximum Gasteiger partial charge on any atom is 0.252 e. The molecule has 160 valence electrons. The van der Waals surface area contributed by atoms with Crippen LogP contribution in [0.4, 0.5) is 0 Å². The molecule has 3 rings (SSSR count). The Morgan fingerprint density at radius 2 is 1.77 bits per heavy atom. The van der Waals surface area contributed by atoms with Gasteiger partial charge < -0.3 is 15.0 Å². The molecule has 0 saturated carbocycles. The van der Waals surface area contributed by atoms with Crippen molar-refractivity contribution in [3.05, 3.63) is 59.7 Å². The SMILES string of the molecule is CC(C)Oc1ccc(CCNC(=O)c2ccccc2SCC(=O)N2CCCC2)cc1. The molecule has 0 spiro atoms. The molecule has 0 aliphatic carbocycles. The number of nitrogens with zero attached hydrogens (tertiary/aromatic N) is 1. The molecule has 2 aromatic rings. The topological polar surface area (TPSA) is 58.6 Å². The number of hydrogen-bond donors (Lipinski definition) is 1. The summed E-state index contributed by atoms with van der Waals surface area (Å²) in [5.41, 5.74) is 1.77. The number of carbonyl (C=O) groups is 2. The molecule has 6 heteroatoms. The normalized spacial score (nSPS) is 13.5. The lowest BCUT2D eigenvalue weighted by atomic mass is 10.1. The van der Waals surface area contributed by atoms with Gasteiger partial charge in [0.1, 0.15) is 5.75 Å². The number of rotatable bonds is 9. The van der Waals surface area contributed by atoms with E-state index in [4.69, 9.17) is 4.74 Å². The van der Waals surface area contributed by atoms with Crippen molar-refractivity contribution in [2.45, 2.75) is 44.1 Å². The van der Waals surface area contributed by atoms with E-state index in [-0.39, 0.29) is 17.9 Å². The molecule has 1 N–H and O–H groups in total. The maximum absolute atomic E-state index is 12.7. The van der Waals surface area contributed by atoms with Crippen LogP contribution in [0, 0.1) is 0 Å². The van der Waals surface area contributed by atoms with Gasteiger partial charge in [0.25, 0.3) is 5.91 Å². The second kappa shape index (κ2) is 11.1. The lowest BCUT2D eigenvalue weighted by Crippen LogP contribution is -2.29. The Bertz CT molecular complexity index is 846. The molecule has 0 unspecified atom stereocenters. The van der Waals surface area contributed by atoms with Crippen molar-refractivity contribution in [2.75, 3.05) is 25.4 Å². The molecule has 1 aliphatic heterocycles. The van der Waals surface area contributed by atoms with Gasteiger partial charge in [-0.2, -0.15) is 0 Å². The number of nitrogens with one attached hydrogen (secondary N) is 1. The first-order chi connectivity index (χ1) is 14.5. The summed E-state index contributed by atoms with van der Waals surface area (Å²) in [5.74, 6) is 1.27. The van der Waals surface area contributed by atoms with Gasteiger partial charge in [-0.15, -0.1) is 11.8 Å². The number of amides is 2. The number of carbonyl (C=O) groups excluding carboxylic acids is 2. The van der Waals surface area contributed by atoms with E-state index in [2.05, 4.69) is 5.32 Å². The third-order valence-electron chi connectivity index (χ3n) is 4.94. The lowest BCUT2D eigenvalue weighted by Gasteiger charge is -2.15. The van der Waals surface area contributed by atoms with Crippen LogP contribution in [0.1, 0.15) is 42.6 Å². The summed E-state index contributed by atoms with van der Waals surface area (Å²) in [6.07, 6.45) is 3.07. The quantitative estimate of drug-likeness (QED) is 0.612. The zero-order valence-corrected chi connectivity index (χ0v) is 18.5. The van der Waals surface area contributed by atoms with Crippen molar-refractivity contribution in [1.29, 1.82) is 0 Å². The van der Waals surface area contributed by atoms with Crippen molar-refractivity contribution in [3.8, 4) is 5.75 Å². The van der Waals surface area contributed by atoms with E-state index >= 15 is 0 Å². The number of likely N-dealkylation sites (tertiary alicyclic amines) is 1. The molecule has 5 nitrogen and oxygen atoms in total. The van der Waals surface area contributed by atoms with Crippen molar-refractivity contribution in [1.82, 2.24) is 10.2 Å². The van der Waals surface area contributed by atoms with Crippen LogP contribution in [0.25, 0.3) is 0 Å². The molecule has 0 bridgehead atoms. The van der Waals surface area contributed by atoms with Crippen LogP contribution in [0.5, 0.6) is 5.75 Å². The van der Waals surface area contributed by atoms with Crippen molar-refractivity contribution in [3.63, 3.8) is 0 Å². The molecular weight excluding hydrogens is 396 g/mol. The first-order valence-electron chi connectivity index (χ1n) is 10.6. The van der Waals surface area contributed by atoms with Crippen LogP contribution in [0.3, 0.4) is 0 Å². The Labute approximate surface area is 183 Å². The van der Waals surface area contributed by atoms with Crippen LogP contribution in [0.2, 0.25) is 0 Å². The predicted octanol–water partition coefficient (Wildman–Crippen LogP) is 4.16. The zero-order valence-electron chi connectivity index (χ0n) is 17.7. The van der Waals surface area contributed by atoms with Crippen LogP contribution in [-0.2, 0) is 11.2 Å². The van der Waals surface area contributed by atoms with E-state index in [0.717, 1.165) is 48.6 Å². The zero-order chi connectivity index (χ0) is 21.3. The monoisotopic (exact) mass is 426 g/mol. The summed E-state index contributed by atoms with van der Waals surface area (Å²) in [4.78, 5) is 27.8. The molecule has 30 heavy (non-hydrogen) atoms.